The number of hydrogen-bond acceptors (Lipinski definition) is 4. The SMILES string of the molecule is CO/N=C1\CC2C(CC[C@@]3(C)C2C[C@H]2CCCC[C@]23C(C)=O)[C@@]2(C)CCC(=O)C=C12. The molecule has 4 heteroatoms. The Morgan fingerprint density at radius 3 is 2.67 bits per heavy atom. The first-order valence-corrected chi connectivity index (χ1v) is 12.1. The molecule has 5 rings (SSSR count). The molecule has 0 aromatic carbocycles. The van der Waals surface area contributed by atoms with Gasteiger partial charge in [-0.15, -0.1) is 0 Å². The number of rotatable bonds is 2. The highest BCUT2D eigenvalue weighted by molar-refractivity contribution is 6.08. The highest BCUT2D eigenvalue weighted by Gasteiger charge is 2.69. The smallest absolute Gasteiger partial charge is 0.156 e. The van der Waals surface area contributed by atoms with Gasteiger partial charge in [-0.3, -0.25) is 9.59 Å². The van der Waals surface area contributed by atoms with Crippen molar-refractivity contribution in [1.82, 2.24) is 0 Å². The number of hydrogen-bond donors (Lipinski definition) is 0. The van der Waals surface area contributed by atoms with E-state index in [2.05, 4.69) is 19.0 Å². The molecular weight excluding hydrogens is 374 g/mol. The molecule has 0 bridgehead atoms. The lowest BCUT2D eigenvalue weighted by atomic mass is 9.43. The zero-order valence-corrected chi connectivity index (χ0v) is 19.1. The van der Waals surface area contributed by atoms with Gasteiger partial charge < -0.3 is 4.84 Å². The fourth-order valence-electron chi connectivity index (χ4n) is 9.40. The maximum atomic E-state index is 13.2. The first-order chi connectivity index (χ1) is 14.3. The second-order valence-electron chi connectivity index (χ2n) is 11.4. The molecule has 0 aromatic rings. The number of allylic oxidation sites excluding steroid dienone is 1. The van der Waals surface area contributed by atoms with Gasteiger partial charge in [0.05, 0.1) is 5.71 Å². The fourth-order valence-corrected chi connectivity index (χ4v) is 9.40. The second kappa shape index (κ2) is 6.77. The first-order valence-electron chi connectivity index (χ1n) is 12.1. The van der Waals surface area contributed by atoms with Gasteiger partial charge in [-0.25, -0.2) is 0 Å². The molecule has 0 N–H and O–H groups in total. The van der Waals surface area contributed by atoms with Crippen molar-refractivity contribution in [2.24, 2.45) is 45.1 Å². The van der Waals surface area contributed by atoms with Gasteiger partial charge in [-0.1, -0.05) is 31.8 Å². The summed E-state index contributed by atoms with van der Waals surface area (Å²) in [6.07, 6.45) is 12.7. The highest BCUT2D eigenvalue weighted by atomic mass is 16.6. The van der Waals surface area contributed by atoms with Crippen LogP contribution in [0.25, 0.3) is 0 Å². The van der Waals surface area contributed by atoms with Gasteiger partial charge in [-0.2, -0.15) is 0 Å². The van der Waals surface area contributed by atoms with Crippen LogP contribution in [-0.2, 0) is 14.4 Å². The lowest BCUT2D eigenvalue weighted by Crippen LogP contribution is -2.56. The van der Waals surface area contributed by atoms with E-state index >= 15 is 0 Å². The van der Waals surface area contributed by atoms with E-state index in [-0.39, 0.29) is 22.0 Å². The molecule has 164 valence electrons. The average molecular weight is 412 g/mol. The topological polar surface area (TPSA) is 55.7 Å². The standard InChI is InChI=1S/C26H37NO3/c1-16(28)26-10-6-5-7-17(26)13-21-19-15-23(27-30-4)22-14-18(29)8-11-24(22,2)20(19)9-12-25(21,26)3/h14,17,19-21H,5-13,15H2,1-4H3/b27-23+/t17-,19?,20?,21?,24-,25+,26+/m1/s1. The molecule has 0 aliphatic heterocycles. The Bertz CT molecular complexity index is 843. The number of ketones is 2. The van der Waals surface area contributed by atoms with Crippen LogP contribution in [-0.4, -0.2) is 24.4 Å². The van der Waals surface area contributed by atoms with Crippen LogP contribution in [0.2, 0.25) is 0 Å². The minimum atomic E-state index is -0.112. The molecule has 4 saturated carbocycles. The lowest BCUT2D eigenvalue weighted by Gasteiger charge is -2.60. The van der Waals surface area contributed by atoms with E-state index in [1.807, 2.05) is 13.0 Å². The first kappa shape index (κ1) is 20.5. The van der Waals surface area contributed by atoms with E-state index < -0.39 is 0 Å². The van der Waals surface area contributed by atoms with Crippen molar-refractivity contribution < 1.29 is 14.4 Å². The van der Waals surface area contributed by atoms with Gasteiger partial charge in [0.25, 0.3) is 0 Å². The molecule has 0 radical (unpaired) electrons. The Labute approximate surface area is 180 Å². The van der Waals surface area contributed by atoms with E-state index in [1.165, 1.54) is 32.1 Å². The Hall–Kier alpha value is -1.45. The van der Waals surface area contributed by atoms with Gasteiger partial charge in [0.2, 0.25) is 0 Å². The molecular formula is C26H37NO3. The summed E-state index contributed by atoms with van der Waals surface area (Å²) in [5, 5.41) is 4.45. The molecule has 0 heterocycles. The third-order valence-electron chi connectivity index (χ3n) is 10.7. The summed E-state index contributed by atoms with van der Waals surface area (Å²) in [6.45, 7) is 6.72. The van der Waals surface area contributed by atoms with Crippen LogP contribution in [0.15, 0.2) is 16.8 Å². The van der Waals surface area contributed by atoms with Crippen LogP contribution in [0.1, 0.15) is 85.0 Å². The van der Waals surface area contributed by atoms with Crippen LogP contribution in [0, 0.1) is 39.9 Å². The Kier molecular flexibility index (Phi) is 4.62. The molecule has 0 amide bonds. The number of carbonyl (C=O) groups excluding carboxylic acids is 2. The normalized spacial score (nSPS) is 48.9. The quantitative estimate of drug-likeness (QED) is 0.563. The van der Waals surface area contributed by atoms with Gasteiger partial charge in [0, 0.05) is 11.8 Å². The number of Topliss-reactive ketones (excluding diaryl/α,β-unsaturated/α-hetero) is 1. The van der Waals surface area contributed by atoms with Crippen LogP contribution in [0.5, 0.6) is 0 Å². The monoisotopic (exact) mass is 411 g/mol. The highest BCUT2D eigenvalue weighted by Crippen LogP contribution is 2.73. The van der Waals surface area contributed by atoms with Crippen LogP contribution >= 0.6 is 0 Å². The van der Waals surface area contributed by atoms with E-state index in [1.54, 1.807) is 7.11 Å². The minimum Gasteiger partial charge on any atom is -0.399 e. The maximum Gasteiger partial charge on any atom is 0.156 e. The van der Waals surface area contributed by atoms with Crippen molar-refractivity contribution in [3.05, 3.63) is 11.6 Å². The largest absolute Gasteiger partial charge is 0.399 e. The van der Waals surface area contributed by atoms with Crippen molar-refractivity contribution in [3.8, 4) is 0 Å². The molecule has 0 saturated heterocycles. The summed E-state index contributed by atoms with van der Waals surface area (Å²) >= 11 is 0. The van der Waals surface area contributed by atoms with Crippen molar-refractivity contribution >= 4 is 17.3 Å². The summed E-state index contributed by atoms with van der Waals surface area (Å²) in [6, 6.07) is 0. The zero-order chi connectivity index (χ0) is 21.3. The van der Waals surface area contributed by atoms with E-state index in [4.69, 9.17) is 4.84 Å². The number of oxime groups is 1. The van der Waals surface area contributed by atoms with Gasteiger partial charge >= 0.3 is 0 Å². The van der Waals surface area contributed by atoms with Gasteiger partial charge in [0.15, 0.2) is 5.78 Å². The Morgan fingerprint density at radius 2 is 1.93 bits per heavy atom. The lowest BCUT2D eigenvalue weighted by molar-refractivity contribution is -0.147. The Morgan fingerprint density at radius 1 is 1.13 bits per heavy atom. The molecule has 4 fully saturated rings. The van der Waals surface area contributed by atoms with Crippen LogP contribution in [0.4, 0.5) is 0 Å². The predicted octanol–water partition coefficient (Wildman–Crippen LogP) is 5.51. The average Bonchev–Trinajstić information content (AvgIpc) is 3.00. The van der Waals surface area contributed by atoms with E-state index in [0.29, 0.717) is 35.9 Å². The third-order valence-corrected chi connectivity index (χ3v) is 10.7. The summed E-state index contributed by atoms with van der Waals surface area (Å²) in [5.74, 6) is 2.92. The maximum absolute atomic E-state index is 13.2. The molecule has 4 nitrogen and oxygen atoms in total. The summed E-state index contributed by atoms with van der Waals surface area (Å²) in [5.41, 5.74) is 2.13. The number of carbonyl (C=O) groups is 2. The fraction of sp³-hybridized carbons (Fsp3) is 0.808. The Balaban J connectivity index is 1.60. The molecule has 5 aliphatic rings. The summed E-state index contributed by atoms with van der Waals surface area (Å²) in [4.78, 5) is 30.8. The van der Waals surface area contributed by atoms with Crippen molar-refractivity contribution in [3.63, 3.8) is 0 Å². The van der Waals surface area contributed by atoms with Crippen molar-refractivity contribution in [2.45, 2.75) is 85.0 Å². The minimum absolute atomic E-state index is 0.00662. The summed E-state index contributed by atoms with van der Waals surface area (Å²) in [7, 11) is 1.61. The molecule has 5 aliphatic carbocycles. The number of fused-ring (bicyclic) bond motifs is 7. The van der Waals surface area contributed by atoms with E-state index in [9.17, 15) is 9.59 Å². The third kappa shape index (κ3) is 2.42. The summed E-state index contributed by atoms with van der Waals surface area (Å²) < 4.78 is 0. The molecule has 7 atom stereocenters. The van der Waals surface area contributed by atoms with Gasteiger partial charge in [-0.05, 0) is 98.0 Å². The molecule has 0 spiro atoms. The molecule has 30 heavy (non-hydrogen) atoms. The molecule has 3 unspecified atom stereocenters. The van der Waals surface area contributed by atoms with Crippen LogP contribution in [0.3, 0.4) is 0 Å². The number of nitrogens with zero attached hydrogens (tertiary/aromatic N) is 1. The molecule has 0 aromatic heterocycles. The second-order valence-corrected chi connectivity index (χ2v) is 11.4. The van der Waals surface area contributed by atoms with Crippen molar-refractivity contribution in [2.75, 3.05) is 7.11 Å². The van der Waals surface area contributed by atoms with Crippen molar-refractivity contribution in [1.29, 1.82) is 0 Å². The van der Waals surface area contributed by atoms with Crippen LogP contribution < -0.4 is 0 Å². The van der Waals surface area contributed by atoms with Gasteiger partial charge in [0.1, 0.15) is 12.9 Å². The predicted molar refractivity (Wildman–Crippen MR) is 117 cm³/mol. The zero-order valence-electron chi connectivity index (χ0n) is 19.1. The van der Waals surface area contributed by atoms with E-state index in [0.717, 1.165) is 37.0 Å².